The van der Waals surface area contributed by atoms with Crippen LogP contribution in [-0.2, 0) is 43.0 Å². The number of aliphatic carboxylic acids is 3. The average Bonchev–Trinajstić information content (AvgIpc) is 0.940. The maximum atomic E-state index is 12.8. The summed E-state index contributed by atoms with van der Waals surface area (Å²) in [6, 6.07) is 0. The first-order valence-corrected chi connectivity index (χ1v) is 53.0. The zero-order valence-corrected chi connectivity index (χ0v) is 95.2. The molecule has 20 heteroatoms. The van der Waals surface area contributed by atoms with Crippen molar-refractivity contribution in [3.8, 4) is 0 Å². The average molecular weight is 1870 g/mol. The predicted molar refractivity (Wildman–Crippen MR) is 527 cm³/mol. The number of hydrogen-bond acceptors (Lipinski definition) is 16. The smallest absolute Gasteiger partial charge is 0.870 e. The van der Waals surface area contributed by atoms with Gasteiger partial charge in [-0.05, 0) is 173 Å². The topological polar surface area (TPSA) is 290 Å². The Morgan fingerprint density at radius 2 is 0.385 bits per heavy atom. The Bertz CT molecular complexity index is 2370. The van der Waals surface area contributed by atoms with E-state index >= 15 is 0 Å². The molecule has 0 aromatic heterocycles. The van der Waals surface area contributed by atoms with Gasteiger partial charge in [-0.25, -0.2) is 0 Å². The molecule has 0 aliphatic carbocycles. The Morgan fingerprint density at radius 1 is 0.231 bits per heavy atom. The Labute approximate surface area is 891 Å². The second kappa shape index (κ2) is 139. The summed E-state index contributed by atoms with van der Waals surface area (Å²) in [6.45, 7) is 12.6. The van der Waals surface area contributed by atoms with Gasteiger partial charge in [-0.15, -0.1) is 0 Å². The van der Waals surface area contributed by atoms with E-state index in [4.69, 9.17) is 29.5 Å². The number of esters is 3. The van der Waals surface area contributed by atoms with E-state index in [0.717, 1.165) is 148 Å². The van der Waals surface area contributed by atoms with Crippen LogP contribution in [0.2, 0.25) is 0 Å². The minimum Gasteiger partial charge on any atom is -0.870 e. The molecule has 16 nitrogen and oxygen atoms in total. The van der Waals surface area contributed by atoms with Gasteiger partial charge in [0.2, 0.25) is 0 Å². The number of ether oxygens (including phenoxy) is 3. The molecular formula is C110H204Na4O16. The molecule has 4 N–H and O–H groups in total. The molecule has 0 fully saturated rings. The molecule has 0 aliphatic heterocycles. The number of carboxylic acid groups (broad SMARTS) is 3. The number of carbonyl (C=O) groups excluding carboxylic acids is 6. The molecule has 0 aliphatic rings. The molecule has 0 saturated carbocycles. The molecule has 1 unspecified atom stereocenters. The third-order valence-electron chi connectivity index (χ3n) is 22.5. The van der Waals surface area contributed by atoms with Crippen LogP contribution in [-0.4, -0.2) is 95.2 Å². The number of hydrogen-bond donors (Lipinski definition) is 3. The number of aliphatic hydroxyl groups excluding tert-OH is 3. The third kappa shape index (κ3) is 153. The van der Waals surface area contributed by atoms with Gasteiger partial charge in [0, 0.05) is 37.2 Å². The van der Waals surface area contributed by atoms with Crippen molar-refractivity contribution in [2.45, 2.75) is 567 Å². The van der Waals surface area contributed by atoms with Crippen LogP contribution in [0.15, 0.2) is 72.9 Å². The molecule has 0 spiro atoms. The molecule has 0 rings (SSSR count). The molecule has 0 amide bonds. The first-order chi connectivity index (χ1) is 61.1. The van der Waals surface area contributed by atoms with Gasteiger partial charge < -0.3 is 64.7 Å². The summed E-state index contributed by atoms with van der Waals surface area (Å²) in [6.07, 6.45) is 117. The van der Waals surface area contributed by atoms with Crippen LogP contribution < -0.4 is 134 Å². The molecule has 744 valence electrons. The van der Waals surface area contributed by atoms with E-state index < -0.39 is 30.1 Å². The van der Waals surface area contributed by atoms with E-state index in [-0.39, 0.29) is 187 Å². The molecule has 0 heterocycles. The van der Waals surface area contributed by atoms with Crippen molar-refractivity contribution >= 4 is 35.8 Å². The number of carbonyl (C=O) groups is 6. The van der Waals surface area contributed by atoms with Crippen molar-refractivity contribution in [2.75, 3.05) is 26.4 Å². The number of allylic oxidation sites excluding steroid dienone is 12. The largest absolute Gasteiger partial charge is 1.00 e. The minimum absolute atomic E-state index is 0. The Morgan fingerprint density at radius 3 is 0.569 bits per heavy atom. The van der Waals surface area contributed by atoms with Crippen molar-refractivity contribution in [2.24, 2.45) is 0 Å². The summed E-state index contributed by atoms with van der Waals surface area (Å²) < 4.78 is 16.8. The molecule has 0 aromatic carbocycles. The summed E-state index contributed by atoms with van der Waals surface area (Å²) in [5.74, 6) is -3.63. The standard InChI is InChI=1S/C55H100O6.C18H34O2.C18H32O2.C16H32O2.C3H8O3.4Na.H2O/c1-4-7-10-13-16-19-22-25-27-30-33-36-39-42-45-48-54(57)60-51-52(50-59-53(56)47-44-41-38-35-32-29-24-21-18-15-12-9-6-3)61-55(58)49-46-43-40-37-34-31-28-26-23-20-17-14-11-8-5-2;2*1-2-3-4-5-6-7-8-9-10-11-12-13-14-15-16-17-18(19)20;1-2-3-4-5-6-7-8-9-10-11-12-13-14-15-16(17)18;4-1-3(6)2-5;;;;;/h16,19,25-28,52H,4-15,17-18,20-24,29-51H2,1-3H3;9-10H,2-8,11-17H2,1H3,(H,19,20);6-7,9-10H,2-5,8,11-17H2,1H3,(H,19,20);2-15H2,1H3,(H,17,18);3-6H,1-2H2;;;;;1H2/q;;;;;4*+1;/p-4/b19-16-,27-25-,28-26-;10-9-;7-6-,10-9-;;;;;;;. The molecule has 1 atom stereocenters. The van der Waals surface area contributed by atoms with Crippen LogP contribution in [0, 0.1) is 0 Å². The van der Waals surface area contributed by atoms with Crippen LogP contribution in [0.25, 0.3) is 0 Å². The van der Waals surface area contributed by atoms with Crippen molar-refractivity contribution < 1.29 is 197 Å². The second-order valence-corrected chi connectivity index (χ2v) is 35.2. The summed E-state index contributed by atoms with van der Waals surface area (Å²) in [4.78, 5) is 68.6. The van der Waals surface area contributed by atoms with Crippen molar-refractivity contribution in [3.05, 3.63) is 72.9 Å². The van der Waals surface area contributed by atoms with Crippen LogP contribution in [0.3, 0.4) is 0 Å². The number of carboxylic acids is 3. The molecule has 0 bridgehead atoms. The fourth-order valence-electron chi connectivity index (χ4n) is 14.4. The fraction of sp³-hybridized carbons (Fsp3) is 0.836. The molecule has 0 radical (unpaired) electrons. The van der Waals surface area contributed by atoms with Gasteiger partial charge in [0.1, 0.15) is 19.3 Å². The quantitative estimate of drug-likeness (QED) is 0.0168. The fourth-order valence-corrected chi connectivity index (χ4v) is 14.4. The van der Waals surface area contributed by atoms with Crippen LogP contribution >= 0.6 is 0 Å². The van der Waals surface area contributed by atoms with Gasteiger partial charge in [0.25, 0.3) is 0 Å². The van der Waals surface area contributed by atoms with Gasteiger partial charge in [0.15, 0.2) is 6.10 Å². The van der Waals surface area contributed by atoms with Crippen molar-refractivity contribution in [3.63, 3.8) is 0 Å². The first-order valence-electron chi connectivity index (χ1n) is 53.0. The van der Waals surface area contributed by atoms with Gasteiger partial charge in [-0.2, -0.15) is 0 Å². The van der Waals surface area contributed by atoms with Gasteiger partial charge >= 0.3 is 136 Å². The molecule has 0 saturated heterocycles. The Balaban J connectivity index is -0.000000211. The van der Waals surface area contributed by atoms with Gasteiger partial charge in [-0.1, -0.05) is 435 Å². The number of rotatable bonds is 93. The monoisotopic (exact) mass is 1870 g/mol. The minimum atomic E-state index is -0.954. The normalized spacial score (nSPS) is 11.2. The maximum Gasteiger partial charge on any atom is 1.00 e. The van der Waals surface area contributed by atoms with E-state index in [1.807, 2.05) is 0 Å². The van der Waals surface area contributed by atoms with Crippen LogP contribution in [0.4, 0.5) is 0 Å². The van der Waals surface area contributed by atoms with Crippen LogP contribution in [0.1, 0.15) is 555 Å². The third-order valence-corrected chi connectivity index (χ3v) is 22.5. The van der Waals surface area contributed by atoms with E-state index in [1.165, 1.54) is 327 Å². The first kappa shape index (κ1) is 149. The van der Waals surface area contributed by atoms with Gasteiger partial charge in [-0.3, -0.25) is 14.4 Å². The number of unbranched alkanes of at least 4 members (excludes halogenated alkanes) is 62. The molecule has 0 aromatic rings. The van der Waals surface area contributed by atoms with Crippen molar-refractivity contribution in [1.82, 2.24) is 0 Å². The van der Waals surface area contributed by atoms with Crippen molar-refractivity contribution in [1.29, 1.82) is 0 Å². The predicted octanol–water partition coefficient (Wildman–Crippen LogP) is 17.0. The maximum absolute atomic E-state index is 12.8. The number of aliphatic hydroxyl groups is 3. The summed E-state index contributed by atoms with van der Waals surface area (Å²) in [7, 11) is 0. The van der Waals surface area contributed by atoms with E-state index in [1.54, 1.807) is 0 Å². The summed E-state index contributed by atoms with van der Waals surface area (Å²) in [5.41, 5.74) is 0. The summed E-state index contributed by atoms with van der Waals surface area (Å²) >= 11 is 0. The van der Waals surface area contributed by atoms with Gasteiger partial charge in [0.05, 0.1) is 13.2 Å². The molecular weight excluding hydrogens is 1670 g/mol. The van der Waals surface area contributed by atoms with E-state index in [2.05, 4.69) is 114 Å². The summed E-state index contributed by atoms with van der Waals surface area (Å²) in [5, 5.41) is 54.6. The Kier molecular flexibility index (Phi) is 159. The second-order valence-electron chi connectivity index (χ2n) is 35.2. The van der Waals surface area contributed by atoms with E-state index in [9.17, 15) is 44.1 Å². The SMILES string of the molecule is CCCCC/C=C\C/C=C\CCCCCCCC(=O)OCC(COC(=O)CCCCCCCCCCCCCCC)OC(=O)CCCCCCC/C=C\CCCCCCCC.CCCCC/C=C\C/C=C\CCCCCCCC(=O)[O-].CCCCCCCC/C=C\CCCCCCCC(=O)[O-].CCCCCCCCCCCCCCCC(=O)[O-].OCC(O)CO.[Na+].[Na+].[Na+].[Na+].[OH-]. The molecule has 130 heavy (non-hydrogen) atoms. The Hall–Kier alpha value is -0.900. The zero-order chi connectivity index (χ0) is 92.6. The van der Waals surface area contributed by atoms with Crippen LogP contribution in [0.5, 0.6) is 0 Å². The van der Waals surface area contributed by atoms with E-state index in [0.29, 0.717) is 19.3 Å². The zero-order valence-electron chi connectivity index (χ0n) is 87.2.